The molecule has 1 aromatic carbocycles. The van der Waals surface area contributed by atoms with Gasteiger partial charge in [-0.2, -0.15) is 9.40 Å². The number of nitrogens with one attached hydrogen (secondary N) is 2. The van der Waals surface area contributed by atoms with Gasteiger partial charge in [-0.3, -0.25) is 14.7 Å². The lowest BCUT2D eigenvalue weighted by atomic mass is 10.2. The van der Waals surface area contributed by atoms with Crippen LogP contribution in [-0.2, 0) is 21.4 Å². The molecule has 0 radical (unpaired) electrons. The number of carbonyl (C=O) groups is 1. The molecule has 2 N–H and O–H groups in total. The topological polar surface area (TPSA) is 117 Å². The molecule has 0 aliphatic rings. The van der Waals surface area contributed by atoms with Crippen LogP contribution in [0.5, 0.6) is 0 Å². The van der Waals surface area contributed by atoms with Gasteiger partial charge in [-0.05, 0) is 24.3 Å². The van der Waals surface area contributed by atoms with Gasteiger partial charge in [0.25, 0.3) is 5.56 Å². The van der Waals surface area contributed by atoms with Crippen molar-refractivity contribution in [3.05, 3.63) is 53.1 Å². The average molecular weight is 403 g/mol. The second-order valence-corrected chi connectivity index (χ2v) is 8.08. The zero-order chi connectivity index (χ0) is 20.3. The average Bonchev–Trinajstić information content (AvgIpc) is 3.12. The first kappa shape index (κ1) is 19.8. The second-order valence-electron chi connectivity index (χ2n) is 6.14. The molecule has 0 atom stereocenters. The Kier molecular flexibility index (Phi) is 5.61. The lowest BCUT2D eigenvalue weighted by Gasteiger charge is -2.19. The summed E-state index contributed by atoms with van der Waals surface area (Å²) in [4.78, 5) is 24.4. The van der Waals surface area contributed by atoms with Gasteiger partial charge in [0.05, 0.1) is 16.6 Å². The lowest BCUT2D eigenvalue weighted by molar-refractivity contribution is -0.116. The van der Waals surface area contributed by atoms with Gasteiger partial charge in [0.1, 0.15) is 6.54 Å². The van der Waals surface area contributed by atoms with Crippen molar-refractivity contribution in [2.45, 2.75) is 25.3 Å². The number of anilines is 1. The van der Waals surface area contributed by atoms with Crippen LogP contribution < -0.4 is 10.9 Å². The van der Waals surface area contributed by atoms with Crippen molar-refractivity contribution in [3.8, 4) is 0 Å². The number of aromatic nitrogens is 3. The van der Waals surface area contributed by atoms with E-state index in [0.717, 1.165) is 21.5 Å². The Bertz CT molecular complexity index is 1160. The molecule has 0 aliphatic heterocycles. The highest BCUT2D eigenvalue weighted by atomic mass is 32.2. The van der Waals surface area contributed by atoms with Crippen molar-refractivity contribution in [2.24, 2.45) is 0 Å². The molecule has 2 aromatic heterocycles. The number of H-pyrrole nitrogens is 1. The van der Waals surface area contributed by atoms with Gasteiger partial charge in [0.2, 0.25) is 15.9 Å². The molecule has 0 saturated carbocycles. The van der Waals surface area contributed by atoms with Gasteiger partial charge in [0.15, 0.2) is 0 Å². The van der Waals surface area contributed by atoms with E-state index >= 15 is 0 Å². The fraction of sp³-hybridized carbons (Fsp3) is 0.278. The molecule has 148 valence electrons. The molecule has 0 fully saturated rings. The molecule has 3 rings (SSSR count). The number of sulfonamides is 1. The fourth-order valence-corrected chi connectivity index (χ4v) is 4.35. The van der Waals surface area contributed by atoms with Gasteiger partial charge in [-0.1, -0.05) is 13.8 Å². The van der Waals surface area contributed by atoms with Gasteiger partial charge >= 0.3 is 0 Å². The highest BCUT2D eigenvalue weighted by Gasteiger charge is 2.22. The molecule has 28 heavy (non-hydrogen) atoms. The van der Waals surface area contributed by atoms with E-state index in [-0.39, 0.29) is 11.4 Å². The van der Waals surface area contributed by atoms with Gasteiger partial charge < -0.3 is 9.88 Å². The van der Waals surface area contributed by atoms with Crippen molar-refractivity contribution in [3.63, 3.8) is 0 Å². The molecule has 0 spiro atoms. The minimum absolute atomic E-state index is 0.0246. The molecular weight excluding hydrogens is 382 g/mol. The minimum Gasteiger partial charge on any atom is -0.325 e. The van der Waals surface area contributed by atoms with Crippen LogP contribution in [-0.4, -0.2) is 46.5 Å². The number of pyridine rings is 1. The Morgan fingerprint density at radius 2 is 1.96 bits per heavy atom. The first-order chi connectivity index (χ1) is 13.3. The molecule has 0 unspecified atom stereocenters. The number of rotatable bonds is 7. The van der Waals surface area contributed by atoms with Crippen LogP contribution in [0, 0.1) is 0 Å². The first-order valence-electron chi connectivity index (χ1n) is 8.78. The van der Waals surface area contributed by atoms with E-state index in [9.17, 15) is 18.0 Å². The molecule has 1 amide bonds. The van der Waals surface area contributed by atoms with Crippen LogP contribution in [0.15, 0.2) is 52.4 Å². The molecule has 3 aromatic rings. The number of amides is 1. The third kappa shape index (κ3) is 3.97. The van der Waals surface area contributed by atoms with Crippen molar-refractivity contribution >= 4 is 32.5 Å². The molecule has 2 heterocycles. The van der Waals surface area contributed by atoms with E-state index in [1.54, 1.807) is 38.2 Å². The molecule has 0 aliphatic carbocycles. The summed E-state index contributed by atoms with van der Waals surface area (Å²) in [5, 5.41) is 10.3. The molecule has 0 saturated heterocycles. The second kappa shape index (κ2) is 7.95. The SMILES string of the molecule is CCN(CC)S(=O)(=O)c1ccc(=O)n(CC(=O)Nc2ccc3[nH]ncc3c2)c1. The lowest BCUT2D eigenvalue weighted by Crippen LogP contribution is -2.33. The van der Waals surface area contributed by atoms with E-state index in [1.165, 1.54) is 16.6 Å². The Hall–Kier alpha value is -2.98. The summed E-state index contributed by atoms with van der Waals surface area (Å²) in [7, 11) is -3.72. The molecule has 0 bridgehead atoms. The van der Waals surface area contributed by atoms with Crippen LogP contribution >= 0.6 is 0 Å². The summed E-state index contributed by atoms with van der Waals surface area (Å²) < 4.78 is 27.6. The van der Waals surface area contributed by atoms with Crippen molar-refractivity contribution in [1.82, 2.24) is 19.1 Å². The Balaban J connectivity index is 1.81. The number of aromatic amines is 1. The van der Waals surface area contributed by atoms with Crippen molar-refractivity contribution < 1.29 is 13.2 Å². The third-order valence-electron chi connectivity index (χ3n) is 4.34. The summed E-state index contributed by atoms with van der Waals surface area (Å²) in [6.45, 7) is 3.80. The highest BCUT2D eigenvalue weighted by molar-refractivity contribution is 7.89. The molecule has 10 heteroatoms. The van der Waals surface area contributed by atoms with E-state index in [4.69, 9.17) is 0 Å². The van der Waals surface area contributed by atoms with Gasteiger partial charge in [-0.15, -0.1) is 0 Å². The first-order valence-corrected chi connectivity index (χ1v) is 10.2. The van der Waals surface area contributed by atoms with E-state index in [1.807, 2.05) is 0 Å². The number of hydrogen-bond acceptors (Lipinski definition) is 5. The number of carbonyl (C=O) groups excluding carboxylic acids is 1. The normalized spacial score (nSPS) is 11.8. The summed E-state index contributed by atoms with van der Waals surface area (Å²) in [5.74, 6) is -0.442. The maximum Gasteiger partial charge on any atom is 0.251 e. The Morgan fingerprint density at radius 1 is 1.21 bits per heavy atom. The highest BCUT2D eigenvalue weighted by Crippen LogP contribution is 2.17. The van der Waals surface area contributed by atoms with Gasteiger partial charge in [-0.25, -0.2) is 8.42 Å². The Labute approximate surface area is 162 Å². The standard InChI is InChI=1S/C18H21N5O4S/c1-3-23(4-2)28(26,27)15-6-8-18(25)22(11-15)12-17(24)20-14-5-7-16-13(9-14)10-19-21-16/h5-11H,3-4,12H2,1-2H3,(H,19,21)(H,20,24). The number of nitrogens with zero attached hydrogens (tertiary/aromatic N) is 3. The zero-order valence-electron chi connectivity index (χ0n) is 15.5. The van der Waals surface area contributed by atoms with Crippen LogP contribution in [0.4, 0.5) is 5.69 Å². The molecular formula is C18H21N5O4S. The smallest absolute Gasteiger partial charge is 0.251 e. The minimum atomic E-state index is -3.72. The van der Waals surface area contributed by atoms with Crippen LogP contribution in [0.2, 0.25) is 0 Å². The van der Waals surface area contributed by atoms with E-state index in [2.05, 4.69) is 15.5 Å². The predicted octanol–water partition coefficient (Wildman–Crippen LogP) is 1.39. The maximum absolute atomic E-state index is 12.6. The van der Waals surface area contributed by atoms with E-state index in [0.29, 0.717) is 18.8 Å². The Morgan fingerprint density at radius 3 is 2.68 bits per heavy atom. The van der Waals surface area contributed by atoms with Gasteiger partial charge in [0, 0.05) is 36.4 Å². The fourth-order valence-electron chi connectivity index (χ4n) is 2.87. The summed E-state index contributed by atoms with van der Waals surface area (Å²) >= 11 is 0. The summed E-state index contributed by atoms with van der Waals surface area (Å²) in [5.41, 5.74) is 0.932. The van der Waals surface area contributed by atoms with E-state index < -0.39 is 21.5 Å². The predicted molar refractivity (Wildman–Crippen MR) is 106 cm³/mol. The van der Waals surface area contributed by atoms with Crippen molar-refractivity contribution in [2.75, 3.05) is 18.4 Å². The van der Waals surface area contributed by atoms with Crippen LogP contribution in [0.25, 0.3) is 10.9 Å². The monoisotopic (exact) mass is 403 g/mol. The quantitative estimate of drug-likeness (QED) is 0.618. The largest absolute Gasteiger partial charge is 0.325 e. The van der Waals surface area contributed by atoms with Crippen LogP contribution in [0.1, 0.15) is 13.8 Å². The summed E-state index contributed by atoms with van der Waals surface area (Å²) in [6.07, 6.45) is 2.84. The maximum atomic E-state index is 12.6. The number of fused-ring (bicyclic) bond motifs is 1. The number of hydrogen-bond donors (Lipinski definition) is 2. The van der Waals surface area contributed by atoms with Crippen molar-refractivity contribution in [1.29, 1.82) is 0 Å². The summed E-state index contributed by atoms with van der Waals surface area (Å²) in [6, 6.07) is 7.66. The zero-order valence-corrected chi connectivity index (χ0v) is 16.4. The van der Waals surface area contributed by atoms with Crippen LogP contribution in [0.3, 0.4) is 0 Å². The number of benzene rings is 1. The third-order valence-corrected chi connectivity index (χ3v) is 6.37. The molecule has 9 nitrogen and oxygen atoms in total.